The Bertz CT molecular complexity index is 870. The van der Waals surface area contributed by atoms with Crippen LogP contribution >= 0.6 is 11.6 Å². The number of nitrogens with zero attached hydrogens (tertiary/aromatic N) is 1. The first-order chi connectivity index (χ1) is 12.8. The van der Waals surface area contributed by atoms with Crippen molar-refractivity contribution < 1.29 is 19.1 Å². The van der Waals surface area contributed by atoms with Gasteiger partial charge in [-0.3, -0.25) is 14.4 Å². The van der Waals surface area contributed by atoms with Crippen LogP contribution in [0, 0.1) is 13.8 Å². The van der Waals surface area contributed by atoms with E-state index in [4.69, 9.17) is 16.3 Å². The minimum atomic E-state index is -1.06. The average Bonchev–Trinajstić information content (AvgIpc) is 2.63. The smallest absolute Gasteiger partial charge is 0.326 e. The molecule has 2 rings (SSSR count). The van der Waals surface area contributed by atoms with E-state index in [1.165, 1.54) is 13.1 Å². The summed E-state index contributed by atoms with van der Waals surface area (Å²) >= 11 is 5.86. The van der Waals surface area contributed by atoms with Gasteiger partial charge in [-0.15, -0.1) is 0 Å². The predicted octanol–water partition coefficient (Wildman–Crippen LogP) is 2.65. The van der Waals surface area contributed by atoms with Crippen LogP contribution in [0.3, 0.4) is 0 Å². The topological polar surface area (TPSA) is 97.4 Å². The Morgan fingerprint density at radius 2 is 1.93 bits per heavy atom. The maximum atomic E-state index is 12.1. The number of esters is 1. The first-order valence-corrected chi connectivity index (χ1v) is 8.62. The Morgan fingerprint density at radius 1 is 1.19 bits per heavy atom. The monoisotopic (exact) mass is 389 g/mol. The number of aromatic nitrogens is 1. The molecule has 2 aromatic rings. The van der Waals surface area contributed by atoms with Gasteiger partial charge in [-0.1, -0.05) is 17.7 Å². The van der Waals surface area contributed by atoms with Crippen LogP contribution in [-0.2, 0) is 14.3 Å². The van der Waals surface area contributed by atoms with Crippen molar-refractivity contribution in [2.75, 3.05) is 11.9 Å². The van der Waals surface area contributed by atoms with Crippen molar-refractivity contribution >= 4 is 35.1 Å². The molecule has 0 spiro atoms. The summed E-state index contributed by atoms with van der Waals surface area (Å²) in [5.74, 6) is -1.68. The minimum absolute atomic E-state index is 0.130. The zero-order valence-electron chi connectivity index (χ0n) is 15.2. The molecule has 0 bridgehead atoms. The van der Waals surface area contributed by atoms with E-state index in [0.29, 0.717) is 11.3 Å². The van der Waals surface area contributed by atoms with Crippen molar-refractivity contribution in [3.05, 3.63) is 58.4 Å². The number of carbonyl (C=O) groups excluding carboxylic acids is 3. The SMILES string of the molecule is Cc1ccc(C(=O)NCC(=O)O[C@@H](C)C(=O)Nc2cccnc2Cl)cc1C. The molecule has 0 radical (unpaired) electrons. The molecule has 2 N–H and O–H groups in total. The number of anilines is 1. The van der Waals surface area contributed by atoms with Crippen LogP contribution in [0.4, 0.5) is 5.69 Å². The second kappa shape index (κ2) is 9.14. The highest BCUT2D eigenvalue weighted by atomic mass is 35.5. The van der Waals surface area contributed by atoms with Gasteiger partial charge in [-0.25, -0.2) is 4.98 Å². The fourth-order valence-electron chi connectivity index (χ4n) is 2.14. The van der Waals surface area contributed by atoms with Crippen LogP contribution in [0.15, 0.2) is 36.5 Å². The number of ether oxygens (including phenoxy) is 1. The lowest BCUT2D eigenvalue weighted by molar-refractivity contribution is -0.152. The van der Waals surface area contributed by atoms with E-state index in [1.54, 1.807) is 24.3 Å². The van der Waals surface area contributed by atoms with Gasteiger partial charge in [0, 0.05) is 11.8 Å². The molecule has 27 heavy (non-hydrogen) atoms. The molecule has 0 unspecified atom stereocenters. The first kappa shape index (κ1) is 20.4. The highest BCUT2D eigenvalue weighted by molar-refractivity contribution is 6.32. The second-order valence-corrected chi connectivity index (χ2v) is 6.30. The molecule has 1 aromatic heterocycles. The Kier molecular flexibility index (Phi) is 6.90. The first-order valence-electron chi connectivity index (χ1n) is 8.24. The van der Waals surface area contributed by atoms with Crippen molar-refractivity contribution in [1.29, 1.82) is 0 Å². The van der Waals surface area contributed by atoms with Crippen LogP contribution in [0.25, 0.3) is 0 Å². The van der Waals surface area contributed by atoms with Gasteiger partial charge < -0.3 is 15.4 Å². The Morgan fingerprint density at radius 3 is 2.59 bits per heavy atom. The number of hydrogen-bond donors (Lipinski definition) is 2. The third kappa shape index (κ3) is 5.79. The van der Waals surface area contributed by atoms with Crippen LogP contribution in [0.1, 0.15) is 28.4 Å². The fraction of sp³-hybridized carbons (Fsp3) is 0.263. The zero-order valence-corrected chi connectivity index (χ0v) is 16.0. The largest absolute Gasteiger partial charge is 0.451 e. The van der Waals surface area contributed by atoms with Gasteiger partial charge in [0.1, 0.15) is 6.54 Å². The van der Waals surface area contributed by atoms with Gasteiger partial charge in [-0.2, -0.15) is 0 Å². The molecule has 0 fully saturated rings. The number of carbonyl (C=O) groups is 3. The highest BCUT2D eigenvalue weighted by Crippen LogP contribution is 2.17. The van der Waals surface area contributed by atoms with Gasteiger partial charge in [0.05, 0.1) is 5.69 Å². The van der Waals surface area contributed by atoms with E-state index < -0.39 is 23.9 Å². The summed E-state index contributed by atoms with van der Waals surface area (Å²) < 4.78 is 5.02. The predicted molar refractivity (Wildman–Crippen MR) is 102 cm³/mol. The van der Waals surface area contributed by atoms with Crippen molar-refractivity contribution in [2.45, 2.75) is 26.9 Å². The van der Waals surface area contributed by atoms with Crippen LogP contribution in [0.5, 0.6) is 0 Å². The molecular weight excluding hydrogens is 370 g/mol. The van der Waals surface area contributed by atoms with Gasteiger partial charge in [0.2, 0.25) is 0 Å². The van der Waals surface area contributed by atoms with E-state index in [1.807, 2.05) is 19.9 Å². The lowest BCUT2D eigenvalue weighted by Gasteiger charge is -2.14. The molecule has 8 heteroatoms. The number of halogens is 1. The molecule has 0 aliphatic heterocycles. The minimum Gasteiger partial charge on any atom is -0.451 e. The van der Waals surface area contributed by atoms with Gasteiger partial charge >= 0.3 is 5.97 Å². The Hall–Kier alpha value is -2.93. The van der Waals surface area contributed by atoms with Crippen molar-refractivity contribution in [2.24, 2.45) is 0 Å². The third-order valence-corrected chi connectivity index (χ3v) is 4.16. The van der Waals surface area contributed by atoms with E-state index >= 15 is 0 Å². The number of nitrogens with one attached hydrogen (secondary N) is 2. The number of aryl methyl sites for hydroxylation is 2. The Labute approximate surface area is 162 Å². The maximum absolute atomic E-state index is 12.1. The molecule has 1 atom stereocenters. The summed E-state index contributed by atoms with van der Waals surface area (Å²) in [5, 5.41) is 5.12. The summed E-state index contributed by atoms with van der Waals surface area (Å²) in [6.07, 6.45) is 0.423. The van der Waals surface area contributed by atoms with E-state index in [0.717, 1.165) is 11.1 Å². The number of hydrogen-bond acceptors (Lipinski definition) is 5. The normalized spacial score (nSPS) is 11.4. The lowest BCUT2D eigenvalue weighted by atomic mass is 10.1. The quantitative estimate of drug-likeness (QED) is 0.584. The van der Waals surface area contributed by atoms with Crippen LogP contribution in [0.2, 0.25) is 5.15 Å². The van der Waals surface area contributed by atoms with Gasteiger partial charge in [-0.05, 0) is 56.2 Å². The fourth-order valence-corrected chi connectivity index (χ4v) is 2.31. The molecule has 142 valence electrons. The molecular formula is C19H20ClN3O4. The van der Waals surface area contributed by atoms with E-state index in [9.17, 15) is 14.4 Å². The van der Waals surface area contributed by atoms with Crippen molar-refractivity contribution in [3.8, 4) is 0 Å². The number of rotatable bonds is 6. The number of pyridine rings is 1. The summed E-state index contributed by atoms with van der Waals surface area (Å²) in [6.45, 7) is 4.91. The van der Waals surface area contributed by atoms with Gasteiger partial charge in [0.15, 0.2) is 11.3 Å². The standard InChI is InChI=1S/C19H20ClN3O4/c1-11-6-7-14(9-12(11)2)19(26)22-10-16(24)27-13(3)18(25)23-15-5-4-8-21-17(15)20/h4-9,13H,10H2,1-3H3,(H,22,26)(H,23,25)/t13-/m0/s1. The average molecular weight is 390 g/mol. The molecule has 0 aliphatic carbocycles. The number of benzene rings is 1. The third-order valence-electron chi connectivity index (χ3n) is 3.86. The summed E-state index contributed by atoms with van der Waals surface area (Å²) in [5.41, 5.74) is 2.81. The van der Waals surface area contributed by atoms with Crippen LogP contribution in [-0.4, -0.2) is 35.4 Å². The van der Waals surface area contributed by atoms with Gasteiger partial charge in [0.25, 0.3) is 11.8 Å². The Balaban J connectivity index is 1.83. The molecule has 1 heterocycles. The molecule has 1 aromatic carbocycles. The zero-order chi connectivity index (χ0) is 20.0. The highest BCUT2D eigenvalue weighted by Gasteiger charge is 2.19. The summed E-state index contributed by atoms with van der Waals surface area (Å²) in [7, 11) is 0. The van der Waals surface area contributed by atoms with Crippen molar-refractivity contribution in [3.63, 3.8) is 0 Å². The molecule has 2 amide bonds. The second-order valence-electron chi connectivity index (χ2n) is 5.94. The molecule has 0 saturated heterocycles. The summed E-state index contributed by atoms with van der Waals surface area (Å²) in [4.78, 5) is 39.9. The van der Waals surface area contributed by atoms with E-state index in [-0.39, 0.29) is 11.7 Å². The molecule has 7 nitrogen and oxygen atoms in total. The molecule has 0 saturated carbocycles. The van der Waals surface area contributed by atoms with Crippen LogP contribution < -0.4 is 10.6 Å². The number of amides is 2. The maximum Gasteiger partial charge on any atom is 0.326 e. The lowest BCUT2D eigenvalue weighted by Crippen LogP contribution is -2.35. The van der Waals surface area contributed by atoms with Crippen molar-refractivity contribution in [1.82, 2.24) is 10.3 Å². The molecule has 0 aliphatic rings. The summed E-state index contributed by atoms with van der Waals surface area (Å²) in [6, 6.07) is 8.44. The van der Waals surface area contributed by atoms with E-state index in [2.05, 4.69) is 15.6 Å².